The van der Waals surface area contributed by atoms with E-state index in [9.17, 15) is 19.2 Å². The van der Waals surface area contributed by atoms with E-state index in [0.717, 1.165) is 25.7 Å². The quantitative estimate of drug-likeness (QED) is 0.341. The lowest BCUT2D eigenvalue weighted by Crippen LogP contribution is -2.58. The number of fused-ring (bicyclic) bond motifs is 1. The summed E-state index contributed by atoms with van der Waals surface area (Å²) >= 11 is 0. The van der Waals surface area contributed by atoms with Crippen LogP contribution in [0.2, 0.25) is 0 Å². The van der Waals surface area contributed by atoms with E-state index < -0.39 is 11.5 Å². The van der Waals surface area contributed by atoms with E-state index in [1.807, 2.05) is 25.7 Å². The zero-order chi connectivity index (χ0) is 27.9. The second kappa shape index (κ2) is 13.5. The van der Waals surface area contributed by atoms with Gasteiger partial charge in [0, 0.05) is 50.9 Å². The maximum absolute atomic E-state index is 12.9. The van der Waals surface area contributed by atoms with Crippen molar-refractivity contribution in [2.45, 2.75) is 72.8 Å². The third-order valence-corrected chi connectivity index (χ3v) is 7.88. The largest absolute Gasteiger partial charge is 0.464 e. The molecule has 1 saturated heterocycles. The van der Waals surface area contributed by atoms with Crippen LogP contribution in [0.15, 0.2) is 0 Å². The highest BCUT2D eigenvalue weighted by Crippen LogP contribution is 2.52. The zero-order valence-electron chi connectivity index (χ0n) is 23.7. The molecule has 0 aromatic carbocycles. The van der Waals surface area contributed by atoms with E-state index in [1.54, 1.807) is 18.7 Å². The number of nitrogens with zero attached hydrogens (tertiary/aromatic N) is 2. The number of hydrogen-bond donors (Lipinski definition) is 1. The number of nitrogens with one attached hydrogen (secondary N) is 1. The maximum Gasteiger partial charge on any atom is 0.407 e. The smallest absolute Gasteiger partial charge is 0.407 e. The summed E-state index contributed by atoms with van der Waals surface area (Å²) in [6.07, 6.45) is 3.68. The fourth-order valence-corrected chi connectivity index (χ4v) is 5.19. The van der Waals surface area contributed by atoms with Gasteiger partial charge in [0.2, 0.25) is 5.91 Å². The molecule has 9 heteroatoms. The van der Waals surface area contributed by atoms with Gasteiger partial charge in [-0.1, -0.05) is 34.6 Å². The molecule has 38 heavy (non-hydrogen) atoms. The van der Waals surface area contributed by atoms with Crippen LogP contribution < -0.4 is 5.32 Å². The van der Waals surface area contributed by atoms with Crippen molar-refractivity contribution < 1.29 is 28.7 Å². The minimum atomic E-state index is -0.489. The average molecular weight is 532 g/mol. The van der Waals surface area contributed by atoms with Crippen LogP contribution in [0.5, 0.6) is 0 Å². The van der Waals surface area contributed by atoms with Crippen LogP contribution in [0.3, 0.4) is 0 Å². The number of amides is 2. The maximum atomic E-state index is 12.9. The first-order valence-electron chi connectivity index (χ1n) is 14.1. The number of carbonyl (C=O) groups is 4. The lowest BCUT2D eigenvalue weighted by Gasteiger charge is -2.41. The summed E-state index contributed by atoms with van der Waals surface area (Å²) in [5, 5.41) is 2.70. The van der Waals surface area contributed by atoms with Crippen LogP contribution in [0, 0.1) is 40.9 Å². The van der Waals surface area contributed by atoms with E-state index in [0.29, 0.717) is 44.0 Å². The molecule has 2 aliphatic carbocycles. The number of ether oxygens (including phenoxy) is 2. The van der Waals surface area contributed by atoms with Gasteiger partial charge in [-0.05, 0) is 30.6 Å². The minimum absolute atomic E-state index is 0.0898. The molecule has 1 aliphatic heterocycles. The predicted octanol–water partition coefficient (Wildman–Crippen LogP) is 2.87. The van der Waals surface area contributed by atoms with Crippen LogP contribution in [-0.4, -0.2) is 85.5 Å². The first-order chi connectivity index (χ1) is 18.0. The Morgan fingerprint density at radius 2 is 1.63 bits per heavy atom. The minimum Gasteiger partial charge on any atom is -0.464 e. The highest BCUT2D eigenvalue weighted by Gasteiger charge is 2.49. The Labute approximate surface area is 227 Å². The number of rotatable bonds is 10. The summed E-state index contributed by atoms with van der Waals surface area (Å²) in [7, 11) is 0. The van der Waals surface area contributed by atoms with Crippen molar-refractivity contribution in [1.82, 2.24) is 15.1 Å². The first kappa shape index (κ1) is 29.9. The summed E-state index contributed by atoms with van der Waals surface area (Å²) < 4.78 is 10.9. The fourth-order valence-electron chi connectivity index (χ4n) is 5.19. The van der Waals surface area contributed by atoms with E-state index in [4.69, 9.17) is 9.47 Å². The van der Waals surface area contributed by atoms with Gasteiger partial charge < -0.3 is 19.7 Å². The molecule has 3 aliphatic rings. The van der Waals surface area contributed by atoms with Gasteiger partial charge in [-0.15, -0.1) is 11.8 Å². The number of carbonyl (C=O) groups excluding carboxylic acids is 4. The molecular formula is C29H45N3O6. The second-order valence-electron chi connectivity index (χ2n) is 12.1. The van der Waals surface area contributed by atoms with Gasteiger partial charge >= 0.3 is 12.1 Å². The molecule has 0 spiro atoms. The molecule has 9 nitrogen and oxygen atoms in total. The Balaban J connectivity index is 1.42. The van der Waals surface area contributed by atoms with Crippen molar-refractivity contribution in [2.24, 2.45) is 29.1 Å². The van der Waals surface area contributed by atoms with E-state index >= 15 is 0 Å². The number of ketones is 1. The normalized spacial score (nSPS) is 25.3. The molecule has 1 saturated carbocycles. The van der Waals surface area contributed by atoms with Crippen LogP contribution in [0.4, 0.5) is 4.79 Å². The molecule has 0 bridgehead atoms. The van der Waals surface area contributed by atoms with E-state index in [-0.39, 0.29) is 55.7 Å². The van der Waals surface area contributed by atoms with Gasteiger partial charge in [-0.25, -0.2) is 4.79 Å². The van der Waals surface area contributed by atoms with Crippen molar-refractivity contribution in [2.75, 3.05) is 45.9 Å². The summed E-state index contributed by atoms with van der Waals surface area (Å²) in [6, 6.07) is -0.263. The predicted molar refractivity (Wildman–Crippen MR) is 143 cm³/mol. The fraction of sp³-hybridized carbons (Fsp3) is 0.793. The van der Waals surface area contributed by atoms with Crippen molar-refractivity contribution in [3.8, 4) is 11.8 Å². The van der Waals surface area contributed by atoms with Crippen LogP contribution in [-0.2, 0) is 23.9 Å². The van der Waals surface area contributed by atoms with Gasteiger partial charge in [-0.3, -0.25) is 19.3 Å². The standard InChI is InChI=1S/C29H45N3O6/c1-20(2)27(35)37-18-21-16-32(15-14-31(21)17-25(33)29(3,4)5)26(34)12-13-30-28(36)38-19-24-22-10-8-6-7-9-11-23(22)24/h20-24H,8-19H2,1-5H3,(H,30,36)/t21?,22-,23+,24?. The molecule has 1 heterocycles. The third kappa shape index (κ3) is 8.72. The molecule has 0 radical (unpaired) electrons. The summed E-state index contributed by atoms with van der Waals surface area (Å²) in [5.41, 5.74) is -0.475. The highest BCUT2D eigenvalue weighted by molar-refractivity contribution is 5.85. The SMILES string of the molecule is CC(C)C(=O)OCC1CN(C(=O)CCNC(=O)OCC2[C@H]3CCC#CCC[C@@H]23)CCN1CC(=O)C(C)(C)C. The molecule has 0 aromatic rings. The molecular weight excluding hydrogens is 486 g/mol. The Morgan fingerprint density at radius 1 is 0.974 bits per heavy atom. The highest BCUT2D eigenvalue weighted by atomic mass is 16.5. The average Bonchev–Trinajstić information content (AvgIpc) is 3.49. The Kier molecular flexibility index (Phi) is 10.6. The van der Waals surface area contributed by atoms with Crippen LogP contribution in [0.25, 0.3) is 0 Å². The van der Waals surface area contributed by atoms with Gasteiger partial charge in [0.05, 0.1) is 25.1 Å². The van der Waals surface area contributed by atoms with E-state index in [2.05, 4.69) is 17.2 Å². The molecule has 1 N–H and O–H groups in total. The molecule has 0 aromatic heterocycles. The zero-order valence-corrected chi connectivity index (χ0v) is 23.7. The van der Waals surface area contributed by atoms with Gasteiger partial charge in [-0.2, -0.15) is 0 Å². The second-order valence-corrected chi connectivity index (χ2v) is 12.1. The van der Waals surface area contributed by atoms with Gasteiger partial charge in [0.1, 0.15) is 6.61 Å². The monoisotopic (exact) mass is 531 g/mol. The van der Waals surface area contributed by atoms with Crippen molar-refractivity contribution in [3.05, 3.63) is 0 Å². The number of hydrogen-bond acceptors (Lipinski definition) is 7. The van der Waals surface area contributed by atoms with Gasteiger partial charge in [0.25, 0.3) is 0 Å². The molecule has 2 fully saturated rings. The lowest BCUT2D eigenvalue weighted by molar-refractivity contribution is -0.151. The lowest BCUT2D eigenvalue weighted by atomic mass is 9.90. The third-order valence-electron chi connectivity index (χ3n) is 7.88. The number of piperazine rings is 1. The Hall–Kier alpha value is -2.60. The molecule has 3 rings (SSSR count). The Morgan fingerprint density at radius 3 is 2.24 bits per heavy atom. The van der Waals surface area contributed by atoms with Crippen LogP contribution >= 0.6 is 0 Å². The summed E-state index contributed by atoms with van der Waals surface area (Å²) in [4.78, 5) is 53.5. The number of esters is 1. The molecule has 4 atom stereocenters. The molecule has 2 amide bonds. The van der Waals surface area contributed by atoms with E-state index in [1.165, 1.54) is 0 Å². The van der Waals surface area contributed by atoms with Crippen molar-refractivity contribution in [3.63, 3.8) is 0 Å². The molecule has 2 unspecified atom stereocenters. The molecule has 212 valence electrons. The van der Waals surface area contributed by atoms with Crippen LogP contribution in [0.1, 0.15) is 66.7 Å². The summed E-state index contributed by atoms with van der Waals surface area (Å²) in [5.74, 6) is 7.48. The van der Waals surface area contributed by atoms with Crippen molar-refractivity contribution >= 4 is 23.8 Å². The first-order valence-corrected chi connectivity index (χ1v) is 14.1. The topological polar surface area (TPSA) is 105 Å². The van der Waals surface area contributed by atoms with Gasteiger partial charge in [0.15, 0.2) is 5.78 Å². The number of Topliss-reactive ketones (excluding diaryl/α,β-unsaturated/α-hetero) is 1. The number of alkyl carbamates (subject to hydrolysis) is 1. The van der Waals surface area contributed by atoms with Crippen molar-refractivity contribution in [1.29, 1.82) is 0 Å². The summed E-state index contributed by atoms with van der Waals surface area (Å²) in [6.45, 7) is 11.5. The Bertz CT molecular complexity index is 913.